The number of anilines is 2. The Balaban J connectivity index is 0.00000432. The van der Waals surface area contributed by atoms with Crippen LogP contribution in [0.2, 0.25) is 0 Å². The molecule has 1 saturated carbocycles. The van der Waals surface area contributed by atoms with Gasteiger partial charge in [-0.2, -0.15) is 0 Å². The summed E-state index contributed by atoms with van der Waals surface area (Å²) in [6.45, 7) is 8.15. The molecule has 0 bridgehead atoms. The monoisotopic (exact) mass is 502 g/mol. The van der Waals surface area contributed by atoms with Gasteiger partial charge in [-0.3, -0.25) is 4.79 Å². The van der Waals surface area contributed by atoms with E-state index in [0.717, 1.165) is 54.9 Å². The van der Waals surface area contributed by atoms with E-state index in [1.165, 1.54) is 0 Å². The SMILES string of the molecule is C/C=C\Nc1ccc([N-]C2(C(=O)NCCNc3ccc(OCC(C)C)cc3)CCCCC2)cc1.[K+]. The third-order valence-electron chi connectivity index (χ3n) is 5.91. The van der Waals surface area contributed by atoms with Crippen molar-refractivity contribution in [3.8, 4) is 5.75 Å². The average Bonchev–Trinajstić information content (AvgIpc) is 2.86. The Bertz CT molecular complexity index is 908. The summed E-state index contributed by atoms with van der Waals surface area (Å²) in [4.78, 5) is 13.2. The molecule has 0 aromatic heterocycles. The predicted octanol–water partition coefficient (Wildman–Crippen LogP) is 3.61. The van der Waals surface area contributed by atoms with Crippen LogP contribution >= 0.6 is 0 Å². The number of carbonyl (C=O) groups excluding carboxylic acids is 1. The average molecular weight is 503 g/mol. The third kappa shape index (κ3) is 9.81. The number of nitrogens with one attached hydrogen (secondary N) is 3. The smallest absolute Gasteiger partial charge is 0.671 e. The number of ether oxygens (including phenoxy) is 1. The number of amides is 1. The van der Waals surface area contributed by atoms with Crippen molar-refractivity contribution in [2.24, 2.45) is 5.92 Å². The van der Waals surface area contributed by atoms with E-state index in [4.69, 9.17) is 10.1 Å². The van der Waals surface area contributed by atoms with Crippen LogP contribution in [0.25, 0.3) is 5.32 Å². The number of carbonyl (C=O) groups is 1. The second-order valence-electron chi connectivity index (χ2n) is 9.31. The van der Waals surface area contributed by atoms with Crippen LogP contribution in [-0.2, 0) is 4.79 Å². The zero-order valence-electron chi connectivity index (χ0n) is 21.8. The first kappa shape index (κ1) is 29.7. The van der Waals surface area contributed by atoms with Crippen molar-refractivity contribution in [3.05, 3.63) is 66.1 Å². The molecular formula is C28H39KN4O2. The minimum absolute atomic E-state index is 0. The van der Waals surface area contributed by atoms with Crippen LogP contribution in [0.4, 0.5) is 17.1 Å². The molecule has 0 aliphatic heterocycles. The molecule has 0 heterocycles. The molecule has 0 unspecified atom stereocenters. The Morgan fingerprint density at radius 3 is 2.29 bits per heavy atom. The topological polar surface area (TPSA) is 76.5 Å². The summed E-state index contributed by atoms with van der Waals surface area (Å²) in [5.74, 6) is 1.40. The molecular weight excluding hydrogens is 463 g/mol. The molecule has 35 heavy (non-hydrogen) atoms. The van der Waals surface area contributed by atoms with Gasteiger partial charge in [0, 0.05) is 24.5 Å². The molecule has 1 aliphatic rings. The maximum Gasteiger partial charge on any atom is 1.00 e. The van der Waals surface area contributed by atoms with Crippen molar-refractivity contribution in [2.75, 3.05) is 30.3 Å². The summed E-state index contributed by atoms with van der Waals surface area (Å²) in [5, 5.41) is 14.7. The first-order valence-corrected chi connectivity index (χ1v) is 12.5. The van der Waals surface area contributed by atoms with Crippen LogP contribution in [0.5, 0.6) is 5.75 Å². The van der Waals surface area contributed by atoms with Crippen LogP contribution in [0.3, 0.4) is 0 Å². The second kappa shape index (κ2) is 15.6. The molecule has 2 aromatic carbocycles. The van der Waals surface area contributed by atoms with E-state index in [-0.39, 0.29) is 57.3 Å². The summed E-state index contributed by atoms with van der Waals surface area (Å²) in [5.41, 5.74) is 2.19. The fourth-order valence-corrected chi connectivity index (χ4v) is 4.06. The summed E-state index contributed by atoms with van der Waals surface area (Å²) in [6.07, 6.45) is 8.65. The number of hydrogen-bond donors (Lipinski definition) is 3. The van der Waals surface area contributed by atoms with Crippen LogP contribution in [0.15, 0.2) is 60.8 Å². The largest absolute Gasteiger partial charge is 1.00 e. The Labute approximate surface area is 253 Å². The standard InChI is InChI=1S/C28H39N4O2.K/c1-4-18-29-23-8-10-25(11-9-23)32-28(16-6-5-7-17-28)27(33)31-20-19-30-24-12-14-26(15-13-24)34-21-22(2)3;/h4,8-15,18,22,29-30H,5-7,16-17,19-21H2,1-3H3,(H,31,33);/q-1;+1/b18-4-;. The first-order chi connectivity index (χ1) is 16.5. The van der Waals surface area contributed by atoms with Crippen molar-refractivity contribution in [1.29, 1.82) is 0 Å². The Kier molecular flexibility index (Phi) is 13.2. The molecule has 0 radical (unpaired) electrons. The molecule has 1 amide bonds. The maximum absolute atomic E-state index is 13.2. The first-order valence-electron chi connectivity index (χ1n) is 12.5. The van der Waals surface area contributed by atoms with Gasteiger partial charge in [-0.05, 0) is 61.0 Å². The molecule has 184 valence electrons. The normalized spacial score (nSPS) is 14.7. The van der Waals surface area contributed by atoms with Crippen LogP contribution in [0, 0.1) is 5.92 Å². The molecule has 7 heteroatoms. The summed E-state index contributed by atoms with van der Waals surface area (Å²) >= 11 is 0. The van der Waals surface area contributed by atoms with Gasteiger partial charge in [-0.15, -0.1) is 5.69 Å². The molecule has 0 atom stereocenters. The number of benzene rings is 2. The van der Waals surface area contributed by atoms with Crippen molar-refractivity contribution in [1.82, 2.24) is 5.32 Å². The van der Waals surface area contributed by atoms with Gasteiger partial charge in [0.1, 0.15) is 5.75 Å². The van der Waals surface area contributed by atoms with E-state index in [9.17, 15) is 4.79 Å². The van der Waals surface area contributed by atoms with Crippen molar-refractivity contribution < 1.29 is 60.9 Å². The van der Waals surface area contributed by atoms with Gasteiger partial charge in [0.2, 0.25) is 5.91 Å². The Morgan fingerprint density at radius 1 is 1.00 bits per heavy atom. The van der Waals surface area contributed by atoms with Crippen molar-refractivity contribution in [2.45, 2.75) is 58.4 Å². The minimum atomic E-state index is -0.675. The molecule has 3 rings (SSSR count). The van der Waals surface area contributed by atoms with Crippen LogP contribution in [0.1, 0.15) is 52.9 Å². The molecule has 1 aliphatic carbocycles. The van der Waals surface area contributed by atoms with Gasteiger partial charge in [0.05, 0.1) is 6.61 Å². The van der Waals surface area contributed by atoms with Crippen LogP contribution in [-0.4, -0.2) is 31.1 Å². The summed E-state index contributed by atoms with van der Waals surface area (Å²) in [7, 11) is 0. The fraction of sp³-hybridized carbons (Fsp3) is 0.464. The molecule has 1 fully saturated rings. The van der Waals surface area contributed by atoms with Gasteiger partial charge in [-0.1, -0.05) is 64.2 Å². The summed E-state index contributed by atoms with van der Waals surface area (Å²) in [6, 6.07) is 15.9. The fourth-order valence-electron chi connectivity index (χ4n) is 4.06. The number of hydrogen-bond acceptors (Lipinski definition) is 4. The molecule has 3 N–H and O–H groups in total. The minimum Gasteiger partial charge on any atom is -0.671 e. The van der Waals surface area contributed by atoms with E-state index in [0.29, 0.717) is 25.6 Å². The second-order valence-corrected chi connectivity index (χ2v) is 9.31. The van der Waals surface area contributed by atoms with E-state index in [2.05, 4.69) is 29.8 Å². The van der Waals surface area contributed by atoms with Gasteiger partial charge >= 0.3 is 51.4 Å². The predicted molar refractivity (Wildman–Crippen MR) is 142 cm³/mol. The van der Waals surface area contributed by atoms with E-state index in [1.54, 1.807) is 0 Å². The zero-order valence-corrected chi connectivity index (χ0v) is 24.9. The Hall–Kier alpha value is -1.51. The Morgan fingerprint density at radius 2 is 1.66 bits per heavy atom. The quantitative estimate of drug-likeness (QED) is 0.306. The molecule has 6 nitrogen and oxygen atoms in total. The van der Waals surface area contributed by atoms with Gasteiger partial charge < -0.3 is 26.0 Å². The number of nitrogens with zero attached hydrogens (tertiary/aromatic N) is 1. The maximum atomic E-state index is 13.2. The molecule has 2 aromatic rings. The van der Waals surface area contributed by atoms with Crippen molar-refractivity contribution in [3.63, 3.8) is 0 Å². The number of allylic oxidation sites excluding steroid dienone is 1. The molecule has 0 spiro atoms. The molecule has 0 saturated heterocycles. The summed E-state index contributed by atoms with van der Waals surface area (Å²) < 4.78 is 5.73. The number of rotatable bonds is 12. The third-order valence-corrected chi connectivity index (χ3v) is 5.91. The van der Waals surface area contributed by atoms with E-state index < -0.39 is 5.54 Å². The van der Waals surface area contributed by atoms with Gasteiger partial charge in [0.25, 0.3) is 0 Å². The van der Waals surface area contributed by atoms with E-state index in [1.807, 2.05) is 67.7 Å². The van der Waals surface area contributed by atoms with Crippen molar-refractivity contribution >= 4 is 23.0 Å². The van der Waals surface area contributed by atoms with E-state index >= 15 is 0 Å². The van der Waals surface area contributed by atoms with Gasteiger partial charge in [-0.25, -0.2) is 0 Å². The van der Waals surface area contributed by atoms with Crippen LogP contribution < -0.4 is 72.1 Å². The van der Waals surface area contributed by atoms with Gasteiger partial charge in [0.15, 0.2) is 0 Å². The zero-order chi connectivity index (χ0) is 24.2.